The molecule has 2 aromatic carbocycles. The van der Waals surface area contributed by atoms with Crippen molar-refractivity contribution < 1.29 is 28.5 Å². The van der Waals surface area contributed by atoms with Crippen LogP contribution < -0.4 is 9.47 Å². The molecule has 0 bridgehead atoms. The Kier molecular flexibility index (Phi) is 6.88. The molecule has 8 nitrogen and oxygen atoms in total. The predicted octanol–water partition coefficient (Wildman–Crippen LogP) is 4.70. The van der Waals surface area contributed by atoms with Gasteiger partial charge in [-0.1, -0.05) is 6.07 Å². The van der Waals surface area contributed by atoms with E-state index in [1.54, 1.807) is 27.2 Å². The highest BCUT2D eigenvalue weighted by molar-refractivity contribution is 5.81. The zero-order valence-corrected chi connectivity index (χ0v) is 19.7. The van der Waals surface area contributed by atoms with Crippen molar-refractivity contribution in [2.75, 3.05) is 20.8 Å². The second-order valence-corrected chi connectivity index (χ2v) is 7.95. The first-order valence-corrected chi connectivity index (χ1v) is 11.0. The van der Waals surface area contributed by atoms with Gasteiger partial charge < -0.3 is 28.3 Å². The van der Waals surface area contributed by atoms with E-state index in [-0.39, 0.29) is 0 Å². The van der Waals surface area contributed by atoms with Crippen molar-refractivity contribution in [3.8, 4) is 23.0 Å². The maximum atomic E-state index is 11.4. The molecule has 1 N–H and O–H groups in total. The lowest BCUT2D eigenvalue weighted by molar-refractivity contribution is -0.149. The average molecular weight is 465 g/mol. The number of aryl methyl sites for hydroxylation is 1. The van der Waals surface area contributed by atoms with E-state index < -0.39 is 12.1 Å². The number of carbonyl (C=O) groups is 1. The van der Waals surface area contributed by atoms with Gasteiger partial charge >= 0.3 is 5.97 Å². The van der Waals surface area contributed by atoms with Crippen LogP contribution in [0.1, 0.15) is 23.9 Å². The lowest BCUT2D eigenvalue weighted by Gasteiger charge is -2.12. The Hall–Kier alpha value is -3.78. The van der Waals surface area contributed by atoms with Crippen molar-refractivity contribution in [2.45, 2.75) is 32.9 Å². The van der Waals surface area contributed by atoms with Gasteiger partial charge in [0.05, 0.1) is 20.8 Å². The van der Waals surface area contributed by atoms with Crippen LogP contribution in [-0.2, 0) is 22.5 Å². The van der Waals surface area contributed by atoms with Crippen LogP contribution in [0.3, 0.4) is 0 Å². The molecule has 1 unspecified atom stereocenters. The third-order valence-corrected chi connectivity index (χ3v) is 5.71. The molecule has 0 amide bonds. The molecule has 8 heteroatoms. The predicted molar refractivity (Wildman–Crippen MR) is 128 cm³/mol. The fraction of sp³-hybridized carbons (Fsp3) is 0.308. The average Bonchev–Trinajstić information content (AvgIpc) is 3.41. The number of methoxy groups -OCH3 is 2. The van der Waals surface area contributed by atoms with E-state index in [9.17, 15) is 9.90 Å². The fourth-order valence-corrected chi connectivity index (χ4v) is 3.94. The molecule has 2 heterocycles. The summed E-state index contributed by atoms with van der Waals surface area (Å²) in [5, 5.41) is 10.4. The van der Waals surface area contributed by atoms with Crippen molar-refractivity contribution in [3.05, 3.63) is 65.7 Å². The summed E-state index contributed by atoms with van der Waals surface area (Å²) >= 11 is 0. The Morgan fingerprint density at radius 2 is 1.85 bits per heavy atom. The summed E-state index contributed by atoms with van der Waals surface area (Å²) in [7, 11) is 3.21. The maximum Gasteiger partial charge on any atom is 0.333 e. The van der Waals surface area contributed by atoms with Crippen LogP contribution in [0.2, 0.25) is 0 Å². The Morgan fingerprint density at radius 1 is 1.12 bits per heavy atom. The Labute approximate surface area is 197 Å². The molecular formula is C26H28N2O6. The monoisotopic (exact) mass is 464 g/mol. The molecule has 0 aliphatic carbocycles. The van der Waals surface area contributed by atoms with Crippen LogP contribution >= 0.6 is 0 Å². The Bertz CT molecular complexity index is 1280. The lowest BCUT2D eigenvalue weighted by Crippen LogP contribution is -2.26. The molecule has 178 valence electrons. The smallest absolute Gasteiger partial charge is 0.333 e. The molecular weight excluding hydrogens is 436 g/mol. The Morgan fingerprint density at radius 3 is 2.50 bits per heavy atom. The highest BCUT2D eigenvalue weighted by Crippen LogP contribution is 2.31. The molecule has 34 heavy (non-hydrogen) atoms. The summed E-state index contributed by atoms with van der Waals surface area (Å²) in [4.78, 5) is 16.1. The minimum absolute atomic E-state index is 0.319. The Balaban J connectivity index is 1.58. The third kappa shape index (κ3) is 4.92. The molecule has 0 fully saturated rings. The van der Waals surface area contributed by atoms with Gasteiger partial charge in [-0.3, -0.25) is 0 Å². The first-order valence-electron chi connectivity index (χ1n) is 11.0. The number of aliphatic carboxylic acids is 1. The number of benzene rings is 2. The first kappa shape index (κ1) is 23.4. The lowest BCUT2D eigenvalue weighted by atomic mass is 10.1. The summed E-state index contributed by atoms with van der Waals surface area (Å²) in [5.41, 5.74) is 3.53. The number of hydrogen-bond donors (Lipinski definition) is 1. The van der Waals surface area contributed by atoms with E-state index in [0.717, 1.165) is 33.5 Å². The third-order valence-electron chi connectivity index (χ3n) is 5.71. The number of carboxylic acid groups (broad SMARTS) is 1. The van der Waals surface area contributed by atoms with E-state index in [0.29, 0.717) is 37.0 Å². The summed E-state index contributed by atoms with van der Waals surface area (Å²) in [6, 6.07) is 13.5. The van der Waals surface area contributed by atoms with E-state index in [1.807, 2.05) is 49.5 Å². The van der Waals surface area contributed by atoms with E-state index in [4.69, 9.17) is 23.6 Å². The minimum Gasteiger partial charge on any atom is -0.497 e. The molecule has 4 rings (SSSR count). The molecule has 0 spiro atoms. The maximum absolute atomic E-state index is 11.4. The van der Waals surface area contributed by atoms with Crippen molar-refractivity contribution >= 4 is 16.9 Å². The van der Waals surface area contributed by atoms with Gasteiger partial charge in [0.25, 0.3) is 0 Å². The number of fused-ring (bicyclic) bond motifs is 1. The number of carboxylic acids is 1. The number of nitrogens with zero attached hydrogens (tertiary/aromatic N) is 2. The fourth-order valence-electron chi connectivity index (χ4n) is 3.94. The van der Waals surface area contributed by atoms with Gasteiger partial charge in [-0.05, 0) is 55.1 Å². The topological polar surface area (TPSA) is 96.0 Å². The van der Waals surface area contributed by atoms with Gasteiger partial charge in [-0.25, -0.2) is 9.78 Å². The molecule has 0 saturated heterocycles. The van der Waals surface area contributed by atoms with Crippen LogP contribution in [-0.4, -0.2) is 47.6 Å². The second kappa shape index (κ2) is 10.0. The van der Waals surface area contributed by atoms with Crippen molar-refractivity contribution in [3.63, 3.8) is 0 Å². The summed E-state index contributed by atoms with van der Waals surface area (Å²) in [5.74, 6) is 1.60. The standard InChI is InChI=1S/C26H28N2O6/c1-5-33-24(26(29)30)11-17-6-7-23-18(10-17)8-9-28(23)15-22-16(2)34-25(27-22)19-12-20(31-3)14-21(13-19)32-4/h6-10,12-14,24H,5,11,15H2,1-4H3,(H,29,30). The van der Waals surface area contributed by atoms with Gasteiger partial charge in [0.1, 0.15) is 23.0 Å². The van der Waals surface area contributed by atoms with Crippen molar-refractivity contribution in [2.24, 2.45) is 0 Å². The summed E-state index contributed by atoms with van der Waals surface area (Å²) < 4.78 is 24.1. The quantitative estimate of drug-likeness (QED) is 0.363. The van der Waals surface area contributed by atoms with Crippen LogP contribution in [0.5, 0.6) is 11.5 Å². The molecule has 4 aromatic rings. The molecule has 0 aliphatic heterocycles. The van der Waals surface area contributed by atoms with Crippen LogP contribution in [0.15, 0.2) is 53.1 Å². The second-order valence-electron chi connectivity index (χ2n) is 7.95. The normalized spacial score (nSPS) is 12.1. The zero-order valence-electron chi connectivity index (χ0n) is 19.7. The SMILES string of the molecule is CCOC(Cc1ccc2c(ccn2Cc2nc(-c3cc(OC)cc(OC)c3)oc2C)c1)C(=O)O. The number of aromatic nitrogens is 2. The van der Waals surface area contributed by atoms with Gasteiger partial charge in [0.2, 0.25) is 5.89 Å². The van der Waals surface area contributed by atoms with Gasteiger partial charge in [0, 0.05) is 36.4 Å². The minimum atomic E-state index is -0.953. The molecule has 0 saturated carbocycles. The molecule has 2 aromatic heterocycles. The van der Waals surface area contributed by atoms with Gasteiger partial charge in [0.15, 0.2) is 6.10 Å². The molecule has 1 atom stereocenters. The van der Waals surface area contributed by atoms with Gasteiger partial charge in [-0.15, -0.1) is 0 Å². The van der Waals surface area contributed by atoms with E-state index in [1.165, 1.54) is 0 Å². The summed E-state index contributed by atoms with van der Waals surface area (Å²) in [6.07, 6.45) is 1.46. The van der Waals surface area contributed by atoms with E-state index in [2.05, 4.69) is 4.57 Å². The van der Waals surface area contributed by atoms with Crippen molar-refractivity contribution in [1.29, 1.82) is 0 Å². The highest BCUT2D eigenvalue weighted by Gasteiger charge is 2.19. The van der Waals surface area contributed by atoms with Crippen molar-refractivity contribution in [1.82, 2.24) is 9.55 Å². The van der Waals surface area contributed by atoms with Crippen LogP contribution in [0.4, 0.5) is 0 Å². The van der Waals surface area contributed by atoms with E-state index >= 15 is 0 Å². The van der Waals surface area contributed by atoms with Gasteiger partial charge in [-0.2, -0.15) is 0 Å². The number of hydrogen-bond acceptors (Lipinski definition) is 6. The molecule has 0 aliphatic rings. The van der Waals surface area contributed by atoms with Crippen LogP contribution in [0.25, 0.3) is 22.4 Å². The first-order chi connectivity index (χ1) is 16.4. The number of ether oxygens (including phenoxy) is 3. The molecule has 0 radical (unpaired) electrons. The van der Waals surface area contributed by atoms with Crippen LogP contribution in [0, 0.1) is 6.92 Å². The summed E-state index contributed by atoms with van der Waals surface area (Å²) in [6.45, 7) is 4.58. The number of oxazole rings is 1. The highest BCUT2D eigenvalue weighted by atomic mass is 16.5. The zero-order chi connectivity index (χ0) is 24.2. The number of rotatable bonds is 10. The largest absolute Gasteiger partial charge is 0.497 e.